The molecule has 0 saturated heterocycles. The molecule has 3 N–H and O–H groups in total. The van der Waals surface area contributed by atoms with Crippen molar-refractivity contribution in [3.63, 3.8) is 0 Å². The van der Waals surface area contributed by atoms with Crippen LogP contribution in [0.4, 0.5) is 0 Å². The van der Waals surface area contributed by atoms with Crippen LogP contribution in [0, 0.1) is 0 Å². The highest BCUT2D eigenvalue weighted by molar-refractivity contribution is 7.47. The zero-order valence-electron chi connectivity index (χ0n) is 35.6. The molecule has 0 aromatic carbocycles. The SMILES string of the molecule is CCCCC/C=C\C/C=C\CCCCCCCCCCCC(=O)OC[C@H](COP(=O)(O)OC[C@@H](O)CO)OC(=O)CCCCCCC/C=C\CCCCCCC. The molecule has 0 aliphatic carbocycles. The first-order valence-corrected chi connectivity index (χ1v) is 23.9. The largest absolute Gasteiger partial charge is 0.472 e. The minimum Gasteiger partial charge on any atom is -0.462 e. The number of phosphoric acid groups is 1. The van der Waals surface area contributed by atoms with Gasteiger partial charge in [-0.05, 0) is 70.6 Å². The highest BCUT2D eigenvalue weighted by Gasteiger charge is 2.27. The van der Waals surface area contributed by atoms with Gasteiger partial charge in [0.05, 0.1) is 19.8 Å². The van der Waals surface area contributed by atoms with E-state index in [2.05, 4.69) is 50.3 Å². The lowest BCUT2D eigenvalue weighted by atomic mass is 10.1. The number of carbonyl (C=O) groups is 2. The highest BCUT2D eigenvalue weighted by Crippen LogP contribution is 2.43. The maximum absolute atomic E-state index is 12.6. The quantitative estimate of drug-likeness (QED) is 0.0235. The number of esters is 2. The molecular weight excluding hydrogens is 731 g/mol. The second-order valence-corrected chi connectivity index (χ2v) is 16.5. The van der Waals surface area contributed by atoms with Crippen LogP contribution in [0.3, 0.4) is 0 Å². The summed E-state index contributed by atoms with van der Waals surface area (Å²) in [6.07, 6.45) is 42.5. The van der Waals surface area contributed by atoms with Gasteiger partial charge in [0.2, 0.25) is 0 Å². The second-order valence-electron chi connectivity index (χ2n) is 15.1. The monoisotopic (exact) mass is 815 g/mol. The van der Waals surface area contributed by atoms with Crippen molar-refractivity contribution in [3.05, 3.63) is 36.5 Å². The minimum atomic E-state index is -4.62. The Hall–Kier alpha value is -1.81. The number of carbonyl (C=O) groups excluding carboxylic acids is 2. The van der Waals surface area contributed by atoms with Gasteiger partial charge in [-0.25, -0.2) is 4.57 Å². The van der Waals surface area contributed by atoms with Crippen LogP contribution in [0.2, 0.25) is 0 Å². The van der Waals surface area contributed by atoms with Gasteiger partial charge in [-0.1, -0.05) is 153 Å². The average molecular weight is 815 g/mol. The molecule has 0 bridgehead atoms. The molecule has 1 unspecified atom stereocenters. The highest BCUT2D eigenvalue weighted by atomic mass is 31.2. The number of phosphoric ester groups is 1. The number of allylic oxidation sites excluding steroid dienone is 6. The molecule has 0 aromatic rings. The lowest BCUT2D eigenvalue weighted by Crippen LogP contribution is -2.29. The standard InChI is InChI=1S/C45H83O10P/c1-3-5-7-9-11-13-15-17-19-20-21-22-23-25-26-28-30-32-34-36-44(48)52-40-43(41-54-56(50,51)53-39-42(47)38-46)55-45(49)37-35-33-31-29-27-24-18-16-14-12-10-8-6-4-2/h11,13,16-19,42-43,46-47H,3-10,12,14-15,20-41H2,1-2H3,(H,50,51)/b13-11-,18-16-,19-17-/t42-,43+/m0/s1. The van der Waals surface area contributed by atoms with Gasteiger partial charge in [0, 0.05) is 12.8 Å². The molecule has 0 aromatic heterocycles. The molecule has 3 atom stereocenters. The number of hydrogen-bond acceptors (Lipinski definition) is 9. The van der Waals surface area contributed by atoms with E-state index in [1.165, 1.54) is 89.9 Å². The lowest BCUT2D eigenvalue weighted by Gasteiger charge is -2.20. The molecule has 0 saturated carbocycles. The molecule has 0 aliphatic rings. The fraction of sp³-hybridized carbons (Fsp3) is 0.822. The van der Waals surface area contributed by atoms with Gasteiger partial charge in [-0.2, -0.15) is 0 Å². The summed E-state index contributed by atoms with van der Waals surface area (Å²) in [5.74, 6) is -0.936. The first-order chi connectivity index (χ1) is 27.2. The van der Waals surface area contributed by atoms with E-state index in [0.717, 1.165) is 70.6 Å². The van der Waals surface area contributed by atoms with E-state index in [1.807, 2.05) is 0 Å². The van der Waals surface area contributed by atoms with E-state index in [1.54, 1.807) is 0 Å². The van der Waals surface area contributed by atoms with Gasteiger partial charge in [-0.3, -0.25) is 18.6 Å². The Morgan fingerprint density at radius 1 is 0.536 bits per heavy atom. The van der Waals surface area contributed by atoms with Crippen molar-refractivity contribution in [2.24, 2.45) is 0 Å². The Balaban J connectivity index is 4.26. The third-order valence-corrected chi connectivity index (χ3v) is 10.5. The number of aliphatic hydroxyl groups excluding tert-OH is 2. The fourth-order valence-electron chi connectivity index (χ4n) is 6.02. The molecule has 10 nitrogen and oxygen atoms in total. The molecule has 0 aliphatic heterocycles. The Morgan fingerprint density at radius 3 is 1.43 bits per heavy atom. The van der Waals surface area contributed by atoms with Gasteiger partial charge in [0.25, 0.3) is 0 Å². The third kappa shape index (κ3) is 40.4. The fourth-order valence-corrected chi connectivity index (χ4v) is 6.81. The Labute approximate surface area is 341 Å². The topological polar surface area (TPSA) is 149 Å². The molecule has 11 heteroatoms. The molecule has 328 valence electrons. The van der Waals surface area contributed by atoms with Crippen molar-refractivity contribution in [3.8, 4) is 0 Å². The van der Waals surface area contributed by atoms with Gasteiger partial charge in [0.15, 0.2) is 6.10 Å². The summed E-state index contributed by atoms with van der Waals surface area (Å²) in [5.41, 5.74) is 0. The predicted octanol–water partition coefficient (Wildman–Crippen LogP) is 11.9. The molecule has 0 rings (SSSR count). The summed E-state index contributed by atoms with van der Waals surface area (Å²) in [6, 6.07) is 0. The van der Waals surface area contributed by atoms with Crippen molar-refractivity contribution in [2.45, 2.75) is 212 Å². The van der Waals surface area contributed by atoms with E-state index in [9.17, 15) is 24.2 Å². The first kappa shape index (κ1) is 54.2. The molecule has 0 amide bonds. The van der Waals surface area contributed by atoms with Crippen LogP contribution in [0.25, 0.3) is 0 Å². The number of ether oxygens (including phenoxy) is 2. The number of hydrogen-bond donors (Lipinski definition) is 3. The number of aliphatic hydroxyl groups is 2. The van der Waals surface area contributed by atoms with Crippen LogP contribution >= 0.6 is 7.82 Å². The summed E-state index contributed by atoms with van der Waals surface area (Å²) < 4.78 is 32.7. The molecule has 56 heavy (non-hydrogen) atoms. The smallest absolute Gasteiger partial charge is 0.462 e. The van der Waals surface area contributed by atoms with Gasteiger partial charge in [-0.15, -0.1) is 0 Å². The Morgan fingerprint density at radius 2 is 0.929 bits per heavy atom. The second kappa shape index (κ2) is 41.4. The van der Waals surface area contributed by atoms with Crippen LogP contribution in [-0.2, 0) is 32.7 Å². The molecule has 0 spiro atoms. The molecule has 0 heterocycles. The maximum atomic E-state index is 12.6. The van der Waals surface area contributed by atoms with Crippen molar-refractivity contribution >= 4 is 19.8 Å². The van der Waals surface area contributed by atoms with Crippen molar-refractivity contribution in [1.29, 1.82) is 0 Å². The van der Waals surface area contributed by atoms with E-state index in [-0.39, 0.29) is 19.4 Å². The molecule has 0 radical (unpaired) electrons. The van der Waals surface area contributed by atoms with E-state index in [0.29, 0.717) is 12.8 Å². The van der Waals surface area contributed by atoms with Gasteiger partial charge < -0.3 is 24.6 Å². The van der Waals surface area contributed by atoms with Crippen LogP contribution in [0.5, 0.6) is 0 Å². The van der Waals surface area contributed by atoms with Crippen molar-refractivity contribution in [2.75, 3.05) is 26.4 Å². The van der Waals surface area contributed by atoms with Crippen molar-refractivity contribution in [1.82, 2.24) is 0 Å². The van der Waals surface area contributed by atoms with Crippen LogP contribution in [0.15, 0.2) is 36.5 Å². The number of unbranched alkanes of at least 4 members (excludes halogenated alkanes) is 22. The maximum Gasteiger partial charge on any atom is 0.472 e. The lowest BCUT2D eigenvalue weighted by molar-refractivity contribution is -0.161. The Kier molecular flexibility index (Phi) is 40.0. The zero-order valence-corrected chi connectivity index (χ0v) is 36.5. The van der Waals surface area contributed by atoms with Crippen LogP contribution < -0.4 is 0 Å². The Bertz CT molecular complexity index is 1030. The van der Waals surface area contributed by atoms with Crippen molar-refractivity contribution < 1.29 is 47.8 Å². The van der Waals surface area contributed by atoms with E-state index < -0.39 is 51.8 Å². The summed E-state index contributed by atoms with van der Waals surface area (Å²) in [7, 11) is -4.62. The summed E-state index contributed by atoms with van der Waals surface area (Å²) in [4.78, 5) is 35.0. The van der Waals surface area contributed by atoms with Gasteiger partial charge >= 0.3 is 19.8 Å². The summed E-state index contributed by atoms with van der Waals surface area (Å²) >= 11 is 0. The third-order valence-electron chi connectivity index (χ3n) is 9.52. The normalized spacial score (nSPS) is 14.2. The van der Waals surface area contributed by atoms with E-state index in [4.69, 9.17) is 23.6 Å². The molecule has 0 fully saturated rings. The predicted molar refractivity (Wildman–Crippen MR) is 228 cm³/mol. The molecular formula is C45H83O10P. The summed E-state index contributed by atoms with van der Waals surface area (Å²) in [5, 5.41) is 18.3. The first-order valence-electron chi connectivity index (χ1n) is 22.4. The number of rotatable bonds is 42. The van der Waals surface area contributed by atoms with E-state index >= 15 is 0 Å². The summed E-state index contributed by atoms with van der Waals surface area (Å²) in [6.45, 7) is 2.34. The van der Waals surface area contributed by atoms with Crippen LogP contribution in [-0.4, -0.2) is 65.7 Å². The van der Waals surface area contributed by atoms with Gasteiger partial charge in [0.1, 0.15) is 12.7 Å². The minimum absolute atomic E-state index is 0.174. The average Bonchev–Trinajstić information content (AvgIpc) is 3.19. The zero-order chi connectivity index (χ0) is 41.2. The van der Waals surface area contributed by atoms with Crippen LogP contribution in [0.1, 0.15) is 200 Å².